The van der Waals surface area contributed by atoms with Crippen molar-refractivity contribution in [2.24, 2.45) is 0 Å². The van der Waals surface area contributed by atoms with Crippen molar-refractivity contribution in [1.82, 2.24) is 0 Å². The highest BCUT2D eigenvalue weighted by Gasteiger charge is 2.27. The predicted octanol–water partition coefficient (Wildman–Crippen LogP) is 2.76. The maximum absolute atomic E-state index is 11.8. The normalized spacial score (nSPS) is 15.5. The third-order valence-corrected chi connectivity index (χ3v) is 3.17. The fourth-order valence-electron chi connectivity index (χ4n) is 2.32. The molecule has 1 aliphatic rings. The molecule has 0 saturated carbocycles. The average Bonchev–Trinajstić information content (AvgIpc) is 2.26. The van der Waals surface area contributed by atoms with E-state index in [2.05, 4.69) is 32.2 Å². The lowest BCUT2D eigenvalue weighted by atomic mass is 9.85. The second kappa shape index (κ2) is 4.06. The van der Waals surface area contributed by atoms with E-state index >= 15 is 0 Å². The molecule has 0 atom stereocenters. The first kappa shape index (κ1) is 12.0. The molecular weight excluding hydrogens is 212 g/mol. The number of rotatable bonds is 1. The van der Waals surface area contributed by atoms with Crippen LogP contribution in [-0.4, -0.2) is 19.0 Å². The van der Waals surface area contributed by atoms with Gasteiger partial charge in [-0.2, -0.15) is 0 Å². The van der Waals surface area contributed by atoms with Gasteiger partial charge in [-0.15, -0.1) is 0 Å². The number of benzene rings is 1. The Kier molecular flexibility index (Phi) is 2.86. The molecule has 1 aromatic rings. The third-order valence-electron chi connectivity index (χ3n) is 3.17. The zero-order valence-corrected chi connectivity index (χ0v) is 11.0. The molecule has 0 aliphatic carbocycles. The number of hydrogen-bond donors (Lipinski definition) is 1. The largest absolute Gasteiger partial charge is 0.374 e. The standard InChI is InChI=1S/C14H20N2O/c1-5-16-11-8-6-7-10(14(2,3)4)13(11)15-9-12(16)17/h6-8,15H,5,9H2,1-4H3. The third kappa shape index (κ3) is 2.02. The minimum Gasteiger partial charge on any atom is -0.374 e. The van der Waals surface area contributed by atoms with Crippen LogP contribution in [0.25, 0.3) is 0 Å². The summed E-state index contributed by atoms with van der Waals surface area (Å²) in [4.78, 5) is 13.7. The molecule has 0 radical (unpaired) electrons. The summed E-state index contributed by atoms with van der Waals surface area (Å²) in [6.45, 7) is 9.71. The quantitative estimate of drug-likeness (QED) is 0.807. The zero-order valence-electron chi connectivity index (χ0n) is 11.0. The van der Waals surface area contributed by atoms with Crippen LogP contribution < -0.4 is 10.2 Å². The van der Waals surface area contributed by atoms with Crippen molar-refractivity contribution in [3.8, 4) is 0 Å². The Morgan fingerprint density at radius 2 is 2.06 bits per heavy atom. The number of nitrogens with one attached hydrogen (secondary N) is 1. The van der Waals surface area contributed by atoms with Crippen molar-refractivity contribution in [2.45, 2.75) is 33.1 Å². The Balaban J connectivity index is 2.56. The van der Waals surface area contributed by atoms with Gasteiger partial charge in [0.15, 0.2) is 0 Å². The van der Waals surface area contributed by atoms with Crippen molar-refractivity contribution in [3.63, 3.8) is 0 Å². The summed E-state index contributed by atoms with van der Waals surface area (Å²) in [5, 5.41) is 3.26. The van der Waals surface area contributed by atoms with E-state index in [0.717, 1.165) is 17.9 Å². The van der Waals surface area contributed by atoms with Crippen molar-refractivity contribution >= 4 is 17.3 Å². The van der Waals surface area contributed by atoms with E-state index in [4.69, 9.17) is 0 Å². The number of para-hydroxylation sites is 1. The lowest BCUT2D eigenvalue weighted by Crippen LogP contribution is -2.40. The number of amides is 1. The molecule has 1 aromatic carbocycles. The van der Waals surface area contributed by atoms with Crippen LogP contribution in [0.3, 0.4) is 0 Å². The number of likely N-dealkylation sites (N-methyl/N-ethyl adjacent to an activating group) is 1. The highest BCUT2D eigenvalue weighted by molar-refractivity contribution is 6.03. The van der Waals surface area contributed by atoms with E-state index in [9.17, 15) is 4.79 Å². The van der Waals surface area contributed by atoms with E-state index in [1.54, 1.807) is 0 Å². The fraction of sp³-hybridized carbons (Fsp3) is 0.500. The van der Waals surface area contributed by atoms with Gasteiger partial charge < -0.3 is 10.2 Å². The molecule has 0 aromatic heterocycles. The summed E-state index contributed by atoms with van der Waals surface area (Å²) in [7, 11) is 0. The number of carbonyl (C=O) groups excluding carboxylic acids is 1. The summed E-state index contributed by atoms with van der Waals surface area (Å²) in [6, 6.07) is 6.18. The molecule has 92 valence electrons. The van der Waals surface area contributed by atoms with Crippen LogP contribution in [0.15, 0.2) is 18.2 Å². The van der Waals surface area contributed by atoms with Crippen LogP contribution in [0.4, 0.5) is 11.4 Å². The topological polar surface area (TPSA) is 32.3 Å². The molecule has 1 amide bonds. The molecule has 1 heterocycles. The molecule has 17 heavy (non-hydrogen) atoms. The first-order valence-corrected chi connectivity index (χ1v) is 6.13. The van der Waals surface area contributed by atoms with Gasteiger partial charge in [-0.05, 0) is 24.0 Å². The Morgan fingerprint density at radius 3 is 2.65 bits per heavy atom. The first-order chi connectivity index (χ1) is 7.95. The second-order valence-corrected chi connectivity index (χ2v) is 5.44. The molecule has 1 aliphatic heterocycles. The van der Waals surface area contributed by atoms with Crippen LogP contribution >= 0.6 is 0 Å². The van der Waals surface area contributed by atoms with E-state index in [1.807, 2.05) is 24.0 Å². The molecule has 0 spiro atoms. The monoisotopic (exact) mass is 232 g/mol. The molecule has 3 heteroatoms. The molecule has 0 bridgehead atoms. The summed E-state index contributed by atoms with van der Waals surface area (Å²) in [6.07, 6.45) is 0. The van der Waals surface area contributed by atoms with E-state index in [0.29, 0.717) is 6.54 Å². The minimum absolute atomic E-state index is 0.0815. The van der Waals surface area contributed by atoms with Crippen molar-refractivity contribution in [3.05, 3.63) is 23.8 Å². The number of carbonyl (C=O) groups is 1. The SMILES string of the molecule is CCN1C(=O)CNc2c1cccc2C(C)(C)C. The maximum atomic E-state index is 11.8. The Labute approximate surface area is 103 Å². The van der Waals surface area contributed by atoms with E-state index in [1.165, 1.54) is 5.56 Å². The van der Waals surface area contributed by atoms with Crippen LogP contribution in [0.2, 0.25) is 0 Å². The zero-order chi connectivity index (χ0) is 12.6. The summed E-state index contributed by atoms with van der Waals surface area (Å²) in [5.74, 6) is 0.144. The summed E-state index contributed by atoms with van der Waals surface area (Å²) < 4.78 is 0. The number of anilines is 2. The van der Waals surface area contributed by atoms with Gasteiger partial charge in [0.1, 0.15) is 0 Å². The number of fused-ring (bicyclic) bond motifs is 1. The molecular formula is C14H20N2O. The molecule has 0 saturated heterocycles. The lowest BCUT2D eigenvalue weighted by Gasteiger charge is -2.33. The average molecular weight is 232 g/mol. The van der Waals surface area contributed by atoms with Gasteiger partial charge in [-0.1, -0.05) is 32.9 Å². The van der Waals surface area contributed by atoms with E-state index < -0.39 is 0 Å². The molecule has 2 rings (SSSR count). The van der Waals surface area contributed by atoms with Gasteiger partial charge in [-0.25, -0.2) is 0 Å². The Hall–Kier alpha value is -1.51. The predicted molar refractivity (Wildman–Crippen MR) is 71.7 cm³/mol. The number of nitrogens with zero attached hydrogens (tertiary/aromatic N) is 1. The Morgan fingerprint density at radius 1 is 1.35 bits per heavy atom. The molecule has 3 nitrogen and oxygen atoms in total. The van der Waals surface area contributed by atoms with Crippen molar-refractivity contribution in [2.75, 3.05) is 23.3 Å². The second-order valence-electron chi connectivity index (χ2n) is 5.44. The summed E-state index contributed by atoms with van der Waals surface area (Å²) in [5.41, 5.74) is 3.47. The lowest BCUT2D eigenvalue weighted by molar-refractivity contribution is -0.117. The van der Waals surface area contributed by atoms with Gasteiger partial charge in [-0.3, -0.25) is 4.79 Å². The van der Waals surface area contributed by atoms with Gasteiger partial charge in [0.2, 0.25) is 5.91 Å². The van der Waals surface area contributed by atoms with Gasteiger partial charge in [0.05, 0.1) is 17.9 Å². The van der Waals surface area contributed by atoms with Crippen LogP contribution in [-0.2, 0) is 10.2 Å². The molecule has 0 unspecified atom stereocenters. The van der Waals surface area contributed by atoms with Gasteiger partial charge >= 0.3 is 0 Å². The maximum Gasteiger partial charge on any atom is 0.246 e. The fourth-order valence-corrected chi connectivity index (χ4v) is 2.32. The van der Waals surface area contributed by atoms with Crippen LogP contribution in [0, 0.1) is 0 Å². The van der Waals surface area contributed by atoms with Crippen molar-refractivity contribution < 1.29 is 4.79 Å². The van der Waals surface area contributed by atoms with Crippen molar-refractivity contribution in [1.29, 1.82) is 0 Å². The first-order valence-electron chi connectivity index (χ1n) is 6.13. The smallest absolute Gasteiger partial charge is 0.246 e. The van der Waals surface area contributed by atoms with Gasteiger partial charge in [0.25, 0.3) is 0 Å². The molecule has 0 fully saturated rings. The highest BCUT2D eigenvalue weighted by Crippen LogP contribution is 2.38. The Bertz CT molecular complexity index is 446. The highest BCUT2D eigenvalue weighted by atomic mass is 16.2. The molecule has 1 N–H and O–H groups in total. The summed E-state index contributed by atoms with van der Waals surface area (Å²) >= 11 is 0. The number of hydrogen-bond acceptors (Lipinski definition) is 2. The van der Waals surface area contributed by atoms with Crippen LogP contribution in [0.5, 0.6) is 0 Å². The van der Waals surface area contributed by atoms with Crippen LogP contribution in [0.1, 0.15) is 33.3 Å². The van der Waals surface area contributed by atoms with E-state index in [-0.39, 0.29) is 11.3 Å². The minimum atomic E-state index is 0.0815. The van der Waals surface area contributed by atoms with Gasteiger partial charge in [0, 0.05) is 6.54 Å².